The van der Waals surface area contributed by atoms with E-state index in [-0.39, 0.29) is 11.7 Å². The Morgan fingerprint density at radius 1 is 1.32 bits per heavy atom. The third-order valence-corrected chi connectivity index (χ3v) is 4.04. The summed E-state index contributed by atoms with van der Waals surface area (Å²) in [4.78, 5) is 23.4. The number of para-hydroxylation sites is 1. The van der Waals surface area contributed by atoms with Crippen molar-refractivity contribution in [2.24, 2.45) is 7.05 Å². The zero-order valence-electron chi connectivity index (χ0n) is 12.4. The highest BCUT2D eigenvalue weighted by atomic mass is 32.2. The molecule has 0 unspecified atom stereocenters. The lowest BCUT2D eigenvalue weighted by molar-refractivity contribution is -0.116. The van der Waals surface area contributed by atoms with Gasteiger partial charge in [-0.3, -0.25) is 9.59 Å². The van der Waals surface area contributed by atoms with E-state index in [1.54, 1.807) is 36.0 Å². The van der Waals surface area contributed by atoms with Crippen LogP contribution in [0.4, 0.5) is 5.69 Å². The van der Waals surface area contributed by atoms with Crippen LogP contribution in [0.2, 0.25) is 0 Å². The summed E-state index contributed by atoms with van der Waals surface area (Å²) in [6.45, 7) is 1.48. The van der Waals surface area contributed by atoms with Crippen molar-refractivity contribution in [1.82, 2.24) is 20.2 Å². The van der Waals surface area contributed by atoms with Crippen molar-refractivity contribution in [3.8, 4) is 0 Å². The average molecular weight is 319 g/mol. The number of anilines is 1. The molecule has 1 heterocycles. The van der Waals surface area contributed by atoms with Gasteiger partial charge >= 0.3 is 0 Å². The summed E-state index contributed by atoms with van der Waals surface area (Å²) in [5.74, 6) is 0.572. The first-order chi connectivity index (χ1) is 10.6. The number of aromatic nitrogens is 4. The third-order valence-electron chi connectivity index (χ3n) is 2.94. The van der Waals surface area contributed by atoms with Crippen molar-refractivity contribution in [2.45, 2.75) is 24.9 Å². The largest absolute Gasteiger partial charge is 0.325 e. The number of rotatable bonds is 7. The lowest BCUT2D eigenvalue weighted by atomic mass is 10.1. The number of tetrazole rings is 1. The van der Waals surface area contributed by atoms with E-state index in [0.717, 1.165) is 10.9 Å². The molecule has 8 heteroatoms. The minimum Gasteiger partial charge on any atom is -0.325 e. The molecule has 0 aliphatic carbocycles. The second kappa shape index (κ2) is 7.69. The molecule has 0 aliphatic heterocycles. The molecule has 116 valence electrons. The molecule has 7 nitrogen and oxygen atoms in total. The van der Waals surface area contributed by atoms with Gasteiger partial charge in [-0.05, 0) is 35.9 Å². The Morgan fingerprint density at radius 2 is 2.09 bits per heavy atom. The maximum absolute atomic E-state index is 11.9. The summed E-state index contributed by atoms with van der Waals surface area (Å²) in [7, 11) is 1.77. The molecule has 0 atom stereocenters. The normalized spacial score (nSPS) is 10.5. The maximum Gasteiger partial charge on any atom is 0.224 e. The van der Waals surface area contributed by atoms with Crippen molar-refractivity contribution < 1.29 is 9.59 Å². The summed E-state index contributed by atoms with van der Waals surface area (Å²) >= 11 is 1.50. The van der Waals surface area contributed by atoms with Gasteiger partial charge in [-0.15, -0.1) is 5.10 Å². The first-order valence-electron chi connectivity index (χ1n) is 6.83. The fraction of sp³-hybridized carbons (Fsp3) is 0.357. The zero-order valence-corrected chi connectivity index (χ0v) is 13.3. The molecular formula is C14H17N5O2S. The fourth-order valence-electron chi connectivity index (χ4n) is 1.85. The molecule has 0 bridgehead atoms. The van der Waals surface area contributed by atoms with E-state index in [4.69, 9.17) is 0 Å². The molecule has 0 radical (unpaired) electrons. The molecule has 0 aliphatic rings. The molecule has 1 amide bonds. The Labute approximate surface area is 132 Å². The number of hydrogen-bond donors (Lipinski definition) is 1. The van der Waals surface area contributed by atoms with Crippen molar-refractivity contribution in [3.63, 3.8) is 0 Å². The van der Waals surface area contributed by atoms with Crippen molar-refractivity contribution >= 4 is 29.1 Å². The van der Waals surface area contributed by atoms with Gasteiger partial charge in [0, 0.05) is 24.8 Å². The Hall–Kier alpha value is -2.22. The van der Waals surface area contributed by atoms with Crippen LogP contribution in [0.25, 0.3) is 0 Å². The fourth-order valence-corrected chi connectivity index (χ4v) is 2.64. The Bertz CT molecular complexity index is 671. The summed E-state index contributed by atoms with van der Waals surface area (Å²) in [5, 5.41) is 14.6. The number of carbonyl (C=O) groups excluding carboxylic acids is 2. The number of Topliss-reactive ketones (excluding diaryl/α,β-unsaturated/α-hetero) is 1. The van der Waals surface area contributed by atoms with Crippen LogP contribution < -0.4 is 5.32 Å². The number of hydrogen-bond acceptors (Lipinski definition) is 6. The maximum atomic E-state index is 11.9. The van der Waals surface area contributed by atoms with Crippen LogP contribution in [-0.2, 0) is 11.8 Å². The molecule has 1 N–H and O–H groups in total. The summed E-state index contributed by atoms with van der Waals surface area (Å²) in [5.41, 5.74) is 1.08. The van der Waals surface area contributed by atoms with E-state index in [9.17, 15) is 9.59 Å². The number of nitrogens with one attached hydrogen (secondary N) is 1. The molecule has 0 saturated carbocycles. The van der Waals surface area contributed by atoms with E-state index >= 15 is 0 Å². The average Bonchev–Trinajstić information content (AvgIpc) is 2.89. The van der Waals surface area contributed by atoms with Gasteiger partial charge in [-0.1, -0.05) is 23.9 Å². The van der Waals surface area contributed by atoms with Crippen molar-refractivity contribution in [2.75, 3.05) is 11.1 Å². The molecule has 0 saturated heterocycles. The molecule has 0 fully saturated rings. The predicted molar refractivity (Wildman–Crippen MR) is 83.8 cm³/mol. The molecule has 2 aromatic rings. The number of thioether (sulfide) groups is 1. The summed E-state index contributed by atoms with van der Waals surface area (Å²) < 4.78 is 1.59. The number of ketones is 1. The number of aryl methyl sites for hydroxylation is 1. The highest BCUT2D eigenvalue weighted by molar-refractivity contribution is 7.99. The van der Waals surface area contributed by atoms with Crippen LogP contribution in [0.1, 0.15) is 30.1 Å². The number of amides is 1. The van der Waals surface area contributed by atoms with Crippen LogP contribution in [-0.4, -0.2) is 37.7 Å². The molecule has 2 rings (SSSR count). The van der Waals surface area contributed by atoms with Gasteiger partial charge in [-0.25, -0.2) is 4.68 Å². The van der Waals surface area contributed by atoms with E-state index in [1.165, 1.54) is 18.7 Å². The SMILES string of the molecule is CC(=O)c1ccccc1NC(=O)CCCSc1nnnn1C. The van der Waals surface area contributed by atoms with Crippen LogP contribution in [0, 0.1) is 0 Å². The quantitative estimate of drug-likeness (QED) is 0.476. The van der Waals surface area contributed by atoms with Gasteiger partial charge < -0.3 is 5.32 Å². The van der Waals surface area contributed by atoms with Crippen molar-refractivity contribution in [1.29, 1.82) is 0 Å². The minimum absolute atomic E-state index is 0.0683. The lowest BCUT2D eigenvalue weighted by Crippen LogP contribution is -2.14. The molecular weight excluding hydrogens is 302 g/mol. The Kier molecular flexibility index (Phi) is 5.65. The van der Waals surface area contributed by atoms with Gasteiger partial charge in [-0.2, -0.15) is 0 Å². The number of carbonyl (C=O) groups is 2. The van der Waals surface area contributed by atoms with E-state index < -0.39 is 0 Å². The van der Waals surface area contributed by atoms with Crippen molar-refractivity contribution in [3.05, 3.63) is 29.8 Å². The minimum atomic E-state index is -0.106. The van der Waals surface area contributed by atoms with E-state index in [2.05, 4.69) is 20.8 Å². The monoisotopic (exact) mass is 319 g/mol. The molecule has 22 heavy (non-hydrogen) atoms. The topological polar surface area (TPSA) is 89.8 Å². The molecule has 1 aromatic heterocycles. The standard InChI is InChI=1S/C14H17N5O2S/c1-10(20)11-6-3-4-7-12(11)15-13(21)8-5-9-22-14-16-17-18-19(14)2/h3-4,6-7H,5,8-9H2,1-2H3,(H,15,21). The lowest BCUT2D eigenvalue weighted by Gasteiger charge is -2.08. The second-order valence-corrected chi connectivity index (χ2v) is 5.75. The molecule has 1 aromatic carbocycles. The van der Waals surface area contributed by atoms with E-state index in [0.29, 0.717) is 24.1 Å². The first kappa shape index (κ1) is 16.2. The number of benzene rings is 1. The second-order valence-electron chi connectivity index (χ2n) is 4.69. The van der Waals surface area contributed by atoms with Crippen LogP contribution in [0.15, 0.2) is 29.4 Å². The van der Waals surface area contributed by atoms with Crippen LogP contribution >= 0.6 is 11.8 Å². The highest BCUT2D eigenvalue weighted by Gasteiger charge is 2.10. The van der Waals surface area contributed by atoms with Gasteiger partial charge in [0.2, 0.25) is 11.1 Å². The van der Waals surface area contributed by atoms with Crippen LogP contribution in [0.3, 0.4) is 0 Å². The smallest absolute Gasteiger partial charge is 0.224 e. The highest BCUT2D eigenvalue weighted by Crippen LogP contribution is 2.17. The predicted octanol–water partition coefficient (Wildman–Crippen LogP) is 1.92. The van der Waals surface area contributed by atoms with Crippen LogP contribution in [0.5, 0.6) is 0 Å². The molecule has 0 spiro atoms. The van der Waals surface area contributed by atoms with Gasteiger partial charge in [0.05, 0.1) is 5.69 Å². The Morgan fingerprint density at radius 3 is 2.77 bits per heavy atom. The van der Waals surface area contributed by atoms with E-state index in [1.807, 2.05) is 0 Å². The number of nitrogens with zero attached hydrogens (tertiary/aromatic N) is 4. The summed E-state index contributed by atoms with van der Waals surface area (Å²) in [6.07, 6.45) is 1.08. The van der Waals surface area contributed by atoms with Gasteiger partial charge in [0.15, 0.2) is 5.78 Å². The first-order valence-corrected chi connectivity index (χ1v) is 7.81. The Balaban J connectivity index is 1.79. The van der Waals surface area contributed by atoms with Gasteiger partial charge in [0.25, 0.3) is 0 Å². The third kappa shape index (κ3) is 4.39. The zero-order chi connectivity index (χ0) is 15.9. The van der Waals surface area contributed by atoms with Gasteiger partial charge in [0.1, 0.15) is 0 Å². The summed E-state index contributed by atoms with van der Waals surface area (Å²) in [6, 6.07) is 7.00.